The van der Waals surface area contributed by atoms with Gasteiger partial charge in [-0.25, -0.2) is 0 Å². The highest BCUT2D eigenvalue weighted by Crippen LogP contribution is 2.28. The Morgan fingerprint density at radius 3 is 2.61 bits per heavy atom. The third-order valence-corrected chi connectivity index (χ3v) is 2.91. The van der Waals surface area contributed by atoms with Crippen LogP contribution >= 0.6 is 0 Å². The van der Waals surface area contributed by atoms with Crippen molar-refractivity contribution in [2.75, 3.05) is 5.43 Å². The van der Waals surface area contributed by atoms with Gasteiger partial charge in [-0.2, -0.15) is 0 Å². The van der Waals surface area contributed by atoms with Gasteiger partial charge in [-0.3, -0.25) is 16.0 Å². The van der Waals surface area contributed by atoms with Crippen LogP contribution in [-0.2, 0) is 11.3 Å². The molecule has 0 heterocycles. The molecule has 6 heteroatoms. The Bertz CT molecular complexity index is 421. The predicted molar refractivity (Wildman–Crippen MR) is 70.0 cm³/mol. The van der Waals surface area contributed by atoms with Crippen molar-refractivity contribution in [3.05, 3.63) is 33.9 Å². The molecule has 0 saturated heterocycles. The van der Waals surface area contributed by atoms with Crippen LogP contribution in [-0.4, -0.2) is 11.0 Å². The average molecular weight is 253 g/mol. The van der Waals surface area contributed by atoms with Crippen LogP contribution in [0.5, 0.6) is 0 Å². The van der Waals surface area contributed by atoms with E-state index < -0.39 is 4.92 Å². The van der Waals surface area contributed by atoms with Crippen molar-refractivity contribution in [3.63, 3.8) is 0 Å². The lowest BCUT2D eigenvalue weighted by atomic mass is 10.1. The number of nitrogens with two attached hydrogens (primary N) is 1. The molecule has 1 aromatic carbocycles. The molecule has 1 aromatic rings. The van der Waals surface area contributed by atoms with Crippen molar-refractivity contribution in [1.29, 1.82) is 0 Å². The summed E-state index contributed by atoms with van der Waals surface area (Å²) in [6.07, 6.45) is 0.0786. The number of nitrogens with one attached hydrogen (secondary N) is 1. The Kier molecular flexibility index (Phi) is 5.06. The van der Waals surface area contributed by atoms with E-state index in [-0.39, 0.29) is 11.8 Å². The summed E-state index contributed by atoms with van der Waals surface area (Å²) in [5.74, 6) is 5.73. The first-order valence-corrected chi connectivity index (χ1v) is 5.81. The van der Waals surface area contributed by atoms with E-state index in [2.05, 4.69) is 19.3 Å². The van der Waals surface area contributed by atoms with Crippen LogP contribution in [0.15, 0.2) is 18.2 Å². The van der Waals surface area contributed by atoms with Gasteiger partial charge in [0.1, 0.15) is 5.69 Å². The molecule has 18 heavy (non-hydrogen) atoms. The molecule has 0 saturated carbocycles. The molecule has 6 nitrogen and oxygen atoms in total. The maximum atomic E-state index is 10.8. The van der Waals surface area contributed by atoms with Crippen molar-refractivity contribution in [1.82, 2.24) is 0 Å². The lowest BCUT2D eigenvalue weighted by Gasteiger charge is -2.17. The minimum Gasteiger partial charge on any atom is -0.373 e. The molecule has 1 atom stereocenters. The number of para-hydroxylation sites is 1. The Morgan fingerprint density at radius 2 is 2.11 bits per heavy atom. The third-order valence-electron chi connectivity index (χ3n) is 2.91. The van der Waals surface area contributed by atoms with Crippen molar-refractivity contribution >= 4 is 11.4 Å². The molecular weight excluding hydrogens is 234 g/mol. The largest absolute Gasteiger partial charge is 0.373 e. The lowest BCUT2D eigenvalue weighted by Crippen LogP contribution is -2.17. The molecule has 0 aliphatic heterocycles. The molecule has 100 valence electrons. The number of rotatable bonds is 6. The molecule has 3 N–H and O–H groups in total. The summed E-state index contributed by atoms with van der Waals surface area (Å²) in [7, 11) is 0. The SMILES string of the molecule is CC(C)C(C)OCc1cccc([N+](=O)[O-])c1NN. The number of nitrogens with zero attached hydrogens (tertiary/aromatic N) is 1. The fourth-order valence-electron chi connectivity index (χ4n) is 1.44. The third kappa shape index (κ3) is 3.41. The highest BCUT2D eigenvalue weighted by molar-refractivity contribution is 5.65. The van der Waals surface area contributed by atoms with E-state index in [4.69, 9.17) is 10.6 Å². The molecule has 0 radical (unpaired) electrons. The molecule has 0 bridgehead atoms. The normalized spacial score (nSPS) is 12.5. The van der Waals surface area contributed by atoms with Crippen LogP contribution in [0.1, 0.15) is 26.3 Å². The van der Waals surface area contributed by atoms with Crippen LogP contribution in [0.2, 0.25) is 0 Å². The zero-order valence-electron chi connectivity index (χ0n) is 10.8. The van der Waals surface area contributed by atoms with E-state index in [0.717, 1.165) is 0 Å². The number of ether oxygens (including phenoxy) is 1. The summed E-state index contributed by atoms with van der Waals surface area (Å²) >= 11 is 0. The second kappa shape index (κ2) is 6.32. The summed E-state index contributed by atoms with van der Waals surface area (Å²) < 4.78 is 5.65. The summed E-state index contributed by atoms with van der Waals surface area (Å²) in [5.41, 5.74) is 3.32. The Hall–Kier alpha value is -1.66. The molecular formula is C12H19N3O3. The van der Waals surface area contributed by atoms with Crippen LogP contribution in [0.25, 0.3) is 0 Å². The van der Waals surface area contributed by atoms with Gasteiger partial charge in [-0.1, -0.05) is 26.0 Å². The molecule has 0 amide bonds. The van der Waals surface area contributed by atoms with E-state index >= 15 is 0 Å². The molecule has 0 spiro atoms. The molecule has 0 aromatic heterocycles. The molecule has 1 unspecified atom stereocenters. The summed E-state index contributed by atoms with van der Waals surface area (Å²) in [6.45, 7) is 6.37. The molecule has 0 aliphatic rings. The number of hydrazine groups is 1. The van der Waals surface area contributed by atoms with Gasteiger partial charge in [0.05, 0.1) is 17.6 Å². The Morgan fingerprint density at radius 1 is 1.44 bits per heavy atom. The topological polar surface area (TPSA) is 90.4 Å². The standard InChI is InChI=1S/C12H19N3O3/c1-8(2)9(3)18-7-10-5-4-6-11(15(16)17)12(10)14-13/h4-6,8-9,14H,7,13H2,1-3H3. The second-order valence-electron chi connectivity index (χ2n) is 4.47. The van der Waals surface area contributed by atoms with Gasteiger partial charge in [0.25, 0.3) is 5.69 Å². The zero-order chi connectivity index (χ0) is 13.7. The first-order valence-electron chi connectivity index (χ1n) is 5.81. The molecule has 0 fully saturated rings. The first kappa shape index (κ1) is 14.4. The van der Waals surface area contributed by atoms with E-state index in [1.165, 1.54) is 6.07 Å². The van der Waals surface area contributed by atoms with E-state index in [9.17, 15) is 10.1 Å². The van der Waals surface area contributed by atoms with Crippen molar-refractivity contribution in [3.8, 4) is 0 Å². The molecule has 1 rings (SSSR count). The van der Waals surface area contributed by atoms with Crippen molar-refractivity contribution in [2.45, 2.75) is 33.5 Å². The van der Waals surface area contributed by atoms with Crippen molar-refractivity contribution in [2.24, 2.45) is 11.8 Å². The van der Waals surface area contributed by atoms with Gasteiger partial charge in [-0.05, 0) is 12.8 Å². The smallest absolute Gasteiger partial charge is 0.294 e. The number of nitro benzene ring substituents is 1. The maximum Gasteiger partial charge on any atom is 0.294 e. The second-order valence-corrected chi connectivity index (χ2v) is 4.47. The minimum absolute atomic E-state index is 0.0456. The fourth-order valence-corrected chi connectivity index (χ4v) is 1.44. The van der Waals surface area contributed by atoms with E-state index in [1.807, 2.05) is 6.92 Å². The highest BCUT2D eigenvalue weighted by Gasteiger charge is 2.17. The highest BCUT2D eigenvalue weighted by atomic mass is 16.6. The van der Waals surface area contributed by atoms with Gasteiger partial charge in [0.2, 0.25) is 0 Å². The van der Waals surface area contributed by atoms with Gasteiger partial charge < -0.3 is 10.2 Å². The summed E-state index contributed by atoms with van der Waals surface area (Å²) in [5, 5.41) is 10.8. The summed E-state index contributed by atoms with van der Waals surface area (Å²) in [4.78, 5) is 10.4. The minimum atomic E-state index is -0.468. The monoisotopic (exact) mass is 253 g/mol. The van der Waals surface area contributed by atoms with Crippen LogP contribution < -0.4 is 11.3 Å². The Labute approximate surface area is 106 Å². The van der Waals surface area contributed by atoms with Crippen LogP contribution in [0, 0.1) is 16.0 Å². The Balaban J connectivity index is 2.89. The number of hydrogen-bond donors (Lipinski definition) is 2. The van der Waals surface area contributed by atoms with Gasteiger partial charge in [0.15, 0.2) is 0 Å². The number of nitrogen functional groups attached to an aromatic ring is 1. The maximum absolute atomic E-state index is 10.8. The van der Waals surface area contributed by atoms with Gasteiger partial charge >= 0.3 is 0 Å². The number of hydrogen-bond acceptors (Lipinski definition) is 5. The van der Waals surface area contributed by atoms with Crippen LogP contribution in [0.3, 0.4) is 0 Å². The number of benzene rings is 1. The zero-order valence-corrected chi connectivity index (χ0v) is 10.8. The van der Waals surface area contributed by atoms with Gasteiger partial charge in [0, 0.05) is 11.6 Å². The number of anilines is 1. The predicted octanol–water partition coefficient (Wildman–Crippen LogP) is 2.44. The van der Waals surface area contributed by atoms with Crippen LogP contribution in [0.4, 0.5) is 11.4 Å². The summed E-state index contributed by atoms with van der Waals surface area (Å²) in [6, 6.07) is 4.79. The number of nitro groups is 1. The fraction of sp³-hybridized carbons (Fsp3) is 0.500. The van der Waals surface area contributed by atoms with Gasteiger partial charge in [-0.15, -0.1) is 0 Å². The first-order chi connectivity index (χ1) is 8.47. The molecule has 0 aliphatic carbocycles. The van der Waals surface area contributed by atoms with Crippen molar-refractivity contribution < 1.29 is 9.66 Å². The average Bonchev–Trinajstić information content (AvgIpc) is 2.34. The van der Waals surface area contributed by atoms with E-state index in [0.29, 0.717) is 23.8 Å². The lowest BCUT2D eigenvalue weighted by molar-refractivity contribution is -0.384. The quantitative estimate of drug-likeness (QED) is 0.461. The van der Waals surface area contributed by atoms with E-state index in [1.54, 1.807) is 12.1 Å².